The fraction of sp³-hybridized carbons (Fsp3) is 0.333. The molecule has 2 aromatic heterocycles. The Morgan fingerprint density at radius 2 is 1.81 bits per heavy atom. The average Bonchev–Trinajstić information content (AvgIpc) is 3.34. The smallest absolute Gasteiger partial charge is 0.263 e. The van der Waals surface area contributed by atoms with Gasteiger partial charge in [0.05, 0.1) is 18.8 Å². The quantitative estimate of drug-likeness (QED) is 0.608. The van der Waals surface area contributed by atoms with Crippen LogP contribution < -0.4 is 10.2 Å². The van der Waals surface area contributed by atoms with Crippen molar-refractivity contribution in [3.63, 3.8) is 0 Å². The van der Waals surface area contributed by atoms with Gasteiger partial charge in [0.25, 0.3) is 5.91 Å². The Balaban J connectivity index is 1.59. The Morgan fingerprint density at radius 3 is 2.44 bits per heavy atom. The number of aryl methyl sites for hydroxylation is 1. The molecule has 0 aliphatic rings. The normalized spacial score (nSPS) is 11.1. The second kappa shape index (κ2) is 9.26. The third-order valence-electron chi connectivity index (χ3n) is 4.70. The Morgan fingerprint density at radius 1 is 1.11 bits per heavy atom. The third kappa shape index (κ3) is 5.03. The van der Waals surface area contributed by atoms with Gasteiger partial charge >= 0.3 is 0 Å². The van der Waals surface area contributed by atoms with E-state index in [1.807, 2.05) is 18.4 Å². The molecule has 142 valence electrons. The molecule has 0 aliphatic heterocycles. The van der Waals surface area contributed by atoms with Crippen molar-refractivity contribution >= 4 is 28.6 Å². The minimum absolute atomic E-state index is 0.0526. The van der Waals surface area contributed by atoms with Crippen molar-refractivity contribution in [2.24, 2.45) is 0 Å². The van der Waals surface area contributed by atoms with Crippen molar-refractivity contribution in [2.45, 2.75) is 33.9 Å². The number of nitrogens with one attached hydrogen (secondary N) is 2. The van der Waals surface area contributed by atoms with Crippen molar-refractivity contribution < 1.29 is 9.69 Å². The van der Waals surface area contributed by atoms with Gasteiger partial charge in [-0.3, -0.25) is 4.79 Å². The highest BCUT2D eigenvalue weighted by Crippen LogP contribution is 2.29. The molecule has 0 bridgehead atoms. The van der Waals surface area contributed by atoms with Gasteiger partial charge in [-0.25, -0.2) is 4.98 Å². The highest BCUT2D eigenvalue weighted by Gasteiger charge is 2.16. The molecule has 0 saturated heterocycles. The summed E-state index contributed by atoms with van der Waals surface area (Å²) in [6, 6.07) is 10.6. The maximum Gasteiger partial charge on any atom is 0.263 e. The van der Waals surface area contributed by atoms with E-state index >= 15 is 0 Å². The molecule has 4 nitrogen and oxygen atoms in total. The van der Waals surface area contributed by atoms with Crippen LogP contribution in [0, 0.1) is 6.92 Å². The summed E-state index contributed by atoms with van der Waals surface area (Å²) in [6.07, 6.45) is 0. The lowest BCUT2D eigenvalue weighted by atomic mass is 10.1. The van der Waals surface area contributed by atoms with Gasteiger partial charge in [0.2, 0.25) is 0 Å². The highest BCUT2D eigenvalue weighted by molar-refractivity contribution is 7.17. The maximum absolute atomic E-state index is 12.6. The zero-order valence-electron chi connectivity index (χ0n) is 16.0. The Labute approximate surface area is 168 Å². The minimum atomic E-state index is -0.0526. The predicted octanol–water partition coefficient (Wildman–Crippen LogP) is 3.53. The molecule has 2 heterocycles. The van der Waals surface area contributed by atoms with Crippen LogP contribution in [0.5, 0.6) is 0 Å². The number of thiazole rings is 1. The van der Waals surface area contributed by atoms with Gasteiger partial charge in [-0.2, -0.15) is 11.3 Å². The number of hydrogen-bond donors (Lipinski definition) is 2. The Hall–Kier alpha value is -2.02. The molecular weight excluding hydrogens is 374 g/mol. The predicted molar refractivity (Wildman–Crippen MR) is 114 cm³/mol. The van der Waals surface area contributed by atoms with E-state index in [0.29, 0.717) is 11.4 Å². The number of thiophene rings is 1. The molecule has 27 heavy (non-hydrogen) atoms. The molecule has 1 aromatic carbocycles. The van der Waals surface area contributed by atoms with Crippen LogP contribution >= 0.6 is 22.7 Å². The highest BCUT2D eigenvalue weighted by atomic mass is 32.1. The number of aromatic nitrogens is 1. The van der Waals surface area contributed by atoms with Gasteiger partial charge in [0, 0.05) is 23.1 Å². The largest absolute Gasteiger partial charge is 0.347 e. The fourth-order valence-electron chi connectivity index (χ4n) is 2.94. The monoisotopic (exact) mass is 400 g/mol. The van der Waals surface area contributed by atoms with E-state index in [9.17, 15) is 4.79 Å². The van der Waals surface area contributed by atoms with E-state index in [4.69, 9.17) is 0 Å². The molecule has 0 spiro atoms. The third-order valence-corrected chi connectivity index (χ3v) is 6.59. The Bertz CT molecular complexity index is 865. The summed E-state index contributed by atoms with van der Waals surface area (Å²) in [5.41, 5.74) is 4.32. The summed E-state index contributed by atoms with van der Waals surface area (Å²) in [4.78, 5) is 19.4. The molecule has 1 amide bonds. The number of carbonyl (C=O) groups excluding carboxylic acids is 1. The molecule has 0 saturated carbocycles. The van der Waals surface area contributed by atoms with Gasteiger partial charge in [-0.1, -0.05) is 24.3 Å². The first-order valence-electron chi connectivity index (χ1n) is 9.30. The number of rotatable bonds is 8. The topological polar surface area (TPSA) is 46.4 Å². The van der Waals surface area contributed by atoms with E-state index in [-0.39, 0.29) is 5.91 Å². The van der Waals surface area contributed by atoms with Crippen molar-refractivity contribution in [1.82, 2.24) is 10.3 Å². The first-order chi connectivity index (χ1) is 13.1. The zero-order valence-corrected chi connectivity index (χ0v) is 17.7. The number of amides is 1. The molecule has 0 radical (unpaired) electrons. The number of nitrogens with zero attached hydrogens (tertiary/aromatic N) is 1. The van der Waals surface area contributed by atoms with E-state index in [2.05, 4.69) is 53.8 Å². The zero-order chi connectivity index (χ0) is 19.2. The number of benzene rings is 1. The van der Waals surface area contributed by atoms with Crippen molar-refractivity contribution in [2.75, 3.05) is 13.1 Å². The summed E-state index contributed by atoms with van der Waals surface area (Å²) in [7, 11) is 0. The van der Waals surface area contributed by atoms with Gasteiger partial charge in [-0.05, 0) is 37.8 Å². The van der Waals surface area contributed by atoms with Crippen LogP contribution in [0.4, 0.5) is 0 Å². The maximum atomic E-state index is 12.6. The summed E-state index contributed by atoms with van der Waals surface area (Å²) in [5, 5.41) is 8.01. The van der Waals surface area contributed by atoms with Crippen molar-refractivity contribution in [1.29, 1.82) is 0 Å². The van der Waals surface area contributed by atoms with Gasteiger partial charge < -0.3 is 10.2 Å². The molecule has 3 rings (SSSR count). The Kier molecular flexibility index (Phi) is 6.77. The van der Waals surface area contributed by atoms with Gasteiger partial charge in [-0.15, -0.1) is 11.3 Å². The van der Waals surface area contributed by atoms with Gasteiger partial charge in [0.15, 0.2) is 0 Å². The average molecular weight is 401 g/mol. The summed E-state index contributed by atoms with van der Waals surface area (Å²) < 4.78 is 0. The molecule has 3 aromatic rings. The molecule has 0 unspecified atom stereocenters. The van der Waals surface area contributed by atoms with Crippen molar-refractivity contribution in [3.8, 4) is 10.6 Å². The number of quaternary nitrogens is 1. The molecule has 0 aliphatic carbocycles. The molecule has 0 atom stereocenters. The molecule has 6 heteroatoms. The van der Waals surface area contributed by atoms with Crippen LogP contribution in [0.25, 0.3) is 10.6 Å². The molecule has 2 N–H and O–H groups in total. The first kappa shape index (κ1) is 19.7. The number of carbonyl (C=O) groups is 1. The fourth-order valence-corrected chi connectivity index (χ4v) is 4.64. The number of hydrogen-bond acceptors (Lipinski definition) is 4. The van der Waals surface area contributed by atoms with Crippen LogP contribution in [-0.2, 0) is 13.1 Å². The van der Waals surface area contributed by atoms with E-state index in [0.717, 1.165) is 41.5 Å². The minimum Gasteiger partial charge on any atom is -0.347 e. The lowest BCUT2D eigenvalue weighted by molar-refractivity contribution is -0.910. The van der Waals surface area contributed by atoms with E-state index in [1.165, 1.54) is 16.9 Å². The van der Waals surface area contributed by atoms with Crippen LogP contribution in [-0.4, -0.2) is 24.0 Å². The SMILES string of the molecule is CC[NH+](CC)Cc1ccc(CNC(=O)c2sc(-c3ccsc3)nc2C)cc1. The van der Waals surface area contributed by atoms with Crippen LogP contribution in [0.3, 0.4) is 0 Å². The first-order valence-corrected chi connectivity index (χ1v) is 11.1. The lowest BCUT2D eigenvalue weighted by Crippen LogP contribution is -3.10. The van der Waals surface area contributed by atoms with E-state index in [1.54, 1.807) is 16.2 Å². The summed E-state index contributed by atoms with van der Waals surface area (Å²) in [5.74, 6) is -0.0526. The second-order valence-electron chi connectivity index (χ2n) is 6.58. The van der Waals surface area contributed by atoms with Crippen LogP contribution in [0.15, 0.2) is 41.1 Å². The standard InChI is InChI=1S/C21H25N3OS2/c1-4-24(5-2)13-17-8-6-16(7-9-17)12-22-20(25)19-15(3)23-21(27-19)18-10-11-26-14-18/h6-11,14H,4-5,12-13H2,1-3H3,(H,22,25)/p+1. The summed E-state index contributed by atoms with van der Waals surface area (Å²) in [6.45, 7) is 10.2. The second-order valence-corrected chi connectivity index (χ2v) is 8.36. The van der Waals surface area contributed by atoms with E-state index < -0.39 is 0 Å². The van der Waals surface area contributed by atoms with Crippen LogP contribution in [0.1, 0.15) is 40.3 Å². The molecule has 0 fully saturated rings. The lowest BCUT2D eigenvalue weighted by Gasteiger charge is -2.15. The van der Waals surface area contributed by atoms with Crippen molar-refractivity contribution in [3.05, 3.63) is 62.8 Å². The summed E-state index contributed by atoms with van der Waals surface area (Å²) >= 11 is 3.09. The van der Waals surface area contributed by atoms with Crippen LogP contribution in [0.2, 0.25) is 0 Å². The molecular formula is C21H26N3OS2+. The van der Waals surface area contributed by atoms with Gasteiger partial charge in [0.1, 0.15) is 16.4 Å².